The number of rotatable bonds is 4. The zero-order valence-corrected chi connectivity index (χ0v) is 12.8. The highest BCUT2D eigenvalue weighted by atomic mass is 15.2. The van der Waals surface area contributed by atoms with Crippen molar-refractivity contribution in [2.45, 2.75) is 45.2 Å². The maximum Gasteiger partial charge on any atom is 0.0429 e. The first-order chi connectivity index (χ1) is 9.06. The van der Waals surface area contributed by atoms with Gasteiger partial charge in [-0.1, -0.05) is 19.9 Å². The third-order valence-electron chi connectivity index (χ3n) is 4.13. The van der Waals surface area contributed by atoms with Crippen LogP contribution >= 0.6 is 0 Å². The van der Waals surface area contributed by atoms with Gasteiger partial charge in [-0.3, -0.25) is 9.88 Å². The third kappa shape index (κ3) is 4.02. The molecule has 0 N–H and O–H groups in total. The molecule has 2 rings (SSSR count). The Morgan fingerprint density at radius 2 is 1.95 bits per heavy atom. The molecule has 0 bridgehead atoms. The van der Waals surface area contributed by atoms with E-state index in [4.69, 9.17) is 0 Å². The number of likely N-dealkylation sites (tertiary alicyclic amines) is 1. The monoisotopic (exact) mass is 261 g/mol. The van der Waals surface area contributed by atoms with Gasteiger partial charge >= 0.3 is 0 Å². The van der Waals surface area contributed by atoms with Crippen LogP contribution in [0.5, 0.6) is 0 Å². The Kier molecular flexibility index (Phi) is 4.94. The van der Waals surface area contributed by atoms with Crippen LogP contribution < -0.4 is 0 Å². The molecule has 0 saturated carbocycles. The molecule has 0 spiro atoms. The molecular formula is C16H27N3. The SMILES string of the molecule is CC(C)c1ccc(CN2CCC(N(C)C)CC2)cn1. The minimum Gasteiger partial charge on any atom is -0.306 e. The quantitative estimate of drug-likeness (QED) is 0.831. The molecule has 19 heavy (non-hydrogen) atoms. The first kappa shape index (κ1) is 14.5. The van der Waals surface area contributed by atoms with Crippen molar-refractivity contribution in [3.63, 3.8) is 0 Å². The van der Waals surface area contributed by atoms with Gasteiger partial charge in [0.2, 0.25) is 0 Å². The smallest absolute Gasteiger partial charge is 0.0429 e. The van der Waals surface area contributed by atoms with Gasteiger partial charge in [-0.15, -0.1) is 0 Å². The molecule has 0 atom stereocenters. The average Bonchev–Trinajstić information content (AvgIpc) is 2.40. The van der Waals surface area contributed by atoms with E-state index in [-0.39, 0.29) is 0 Å². The lowest BCUT2D eigenvalue weighted by molar-refractivity contribution is 0.140. The minimum atomic E-state index is 0.518. The van der Waals surface area contributed by atoms with Crippen molar-refractivity contribution in [3.05, 3.63) is 29.6 Å². The highest BCUT2D eigenvalue weighted by molar-refractivity contribution is 5.16. The number of hydrogen-bond acceptors (Lipinski definition) is 3. The summed E-state index contributed by atoms with van der Waals surface area (Å²) in [6, 6.07) is 5.17. The van der Waals surface area contributed by atoms with E-state index in [2.05, 4.69) is 54.9 Å². The van der Waals surface area contributed by atoms with E-state index in [0.717, 1.165) is 12.6 Å². The fourth-order valence-electron chi connectivity index (χ4n) is 2.72. The minimum absolute atomic E-state index is 0.518. The summed E-state index contributed by atoms with van der Waals surface area (Å²) in [5.41, 5.74) is 2.53. The Hall–Kier alpha value is -0.930. The van der Waals surface area contributed by atoms with Crippen LogP contribution in [0.3, 0.4) is 0 Å². The molecule has 0 radical (unpaired) electrons. The van der Waals surface area contributed by atoms with Crippen LogP contribution in [0.1, 0.15) is 43.9 Å². The summed E-state index contributed by atoms with van der Waals surface area (Å²) < 4.78 is 0. The Bertz CT molecular complexity index is 375. The van der Waals surface area contributed by atoms with E-state index in [1.165, 1.54) is 37.2 Å². The zero-order valence-electron chi connectivity index (χ0n) is 12.8. The summed E-state index contributed by atoms with van der Waals surface area (Å²) >= 11 is 0. The van der Waals surface area contributed by atoms with Crippen molar-refractivity contribution >= 4 is 0 Å². The predicted molar refractivity (Wildman–Crippen MR) is 80.3 cm³/mol. The molecule has 1 fully saturated rings. The Morgan fingerprint density at radius 3 is 2.42 bits per heavy atom. The second-order valence-electron chi connectivity index (χ2n) is 6.22. The molecule has 1 aliphatic heterocycles. The van der Waals surface area contributed by atoms with Gasteiger partial charge < -0.3 is 4.90 Å². The van der Waals surface area contributed by atoms with Gasteiger partial charge in [0, 0.05) is 24.5 Å². The molecule has 3 heteroatoms. The second kappa shape index (κ2) is 6.49. The molecule has 3 nitrogen and oxygen atoms in total. The van der Waals surface area contributed by atoms with Crippen LogP contribution in [0, 0.1) is 0 Å². The molecule has 1 aromatic rings. The van der Waals surface area contributed by atoms with Crippen molar-refractivity contribution < 1.29 is 0 Å². The van der Waals surface area contributed by atoms with Crippen LogP contribution in [0.25, 0.3) is 0 Å². The maximum absolute atomic E-state index is 4.55. The van der Waals surface area contributed by atoms with E-state index in [9.17, 15) is 0 Å². The van der Waals surface area contributed by atoms with Crippen LogP contribution in [0.4, 0.5) is 0 Å². The van der Waals surface area contributed by atoms with Crippen molar-refractivity contribution in [1.29, 1.82) is 0 Å². The molecule has 106 valence electrons. The molecule has 0 amide bonds. The standard InChI is InChI=1S/C16H27N3/c1-13(2)16-6-5-14(11-17-16)12-19-9-7-15(8-10-19)18(3)4/h5-6,11,13,15H,7-10,12H2,1-4H3. The van der Waals surface area contributed by atoms with E-state index in [1.54, 1.807) is 0 Å². The predicted octanol–water partition coefficient (Wildman–Crippen LogP) is 2.73. The highest BCUT2D eigenvalue weighted by Gasteiger charge is 2.20. The number of nitrogens with zero attached hydrogens (tertiary/aromatic N) is 3. The molecule has 2 heterocycles. The number of piperidine rings is 1. The van der Waals surface area contributed by atoms with Crippen LogP contribution in [-0.4, -0.2) is 48.0 Å². The van der Waals surface area contributed by atoms with Gasteiger partial charge in [-0.25, -0.2) is 0 Å². The van der Waals surface area contributed by atoms with E-state index < -0.39 is 0 Å². The topological polar surface area (TPSA) is 19.4 Å². The Balaban J connectivity index is 1.85. The van der Waals surface area contributed by atoms with E-state index in [0.29, 0.717) is 5.92 Å². The van der Waals surface area contributed by atoms with Crippen LogP contribution in [0.15, 0.2) is 18.3 Å². The van der Waals surface area contributed by atoms with E-state index >= 15 is 0 Å². The normalized spacial score (nSPS) is 18.4. The molecule has 1 aromatic heterocycles. The second-order valence-corrected chi connectivity index (χ2v) is 6.22. The summed E-state index contributed by atoms with van der Waals surface area (Å²) in [6.07, 6.45) is 4.61. The van der Waals surface area contributed by atoms with Crippen LogP contribution in [-0.2, 0) is 6.54 Å². The van der Waals surface area contributed by atoms with Gasteiger partial charge in [-0.2, -0.15) is 0 Å². The van der Waals surface area contributed by atoms with Gasteiger partial charge in [-0.05, 0) is 57.6 Å². The highest BCUT2D eigenvalue weighted by Crippen LogP contribution is 2.17. The van der Waals surface area contributed by atoms with Crippen molar-refractivity contribution in [3.8, 4) is 0 Å². The van der Waals surface area contributed by atoms with Crippen molar-refractivity contribution in [2.75, 3.05) is 27.2 Å². The van der Waals surface area contributed by atoms with Gasteiger partial charge in [0.05, 0.1) is 0 Å². The lowest BCUT2D eigenvalue weighted by Gasteiger charge is -2.35. The lowest BCUT2D eigenvalue weighted by Crippen LogP contribution is -2.41. The summed E-state index contributed by atoms with van der Waals surface area (Å²) in [5, 5.41) is 0. The van der Waals surface area contributed by atoms with Gasteiger partial charge in [0.25, 0.3) is 0 Å². The summed E-state index contributed by atoms with van der Waals surface area (Å²) in [6.45, 7) is 7.83. The Morgan fingerprint density at radius 1 is 1.26 bits per heavy atom. The number of pyridine rings is 1. The van der Waals surface area contributed by atoms with Crippen molar-refractivity contribution in [2.24, 2.45) is 0 Å². The largest absolute Gasteiger partial charge is 0.306 e. The molecule has 0 aromatic carbocycles. The van der Waals surface area contributed by atoms with E-state index in [1.807, 2.05) is 6.20 Å². The van der Waals surface area contributed by atoms with Gasteiger partial charge in [0.15, 0.2) is 0 Å². The van der Waals surface area contributed by atoms with Crippen LogP contribution in [0.2, 0.25) is 0 Å². The molecular weight excluding hydrogens is 234 g/mol. The Labute approximate surface area is 117 Å². The van der Waals surface area contributed by atoms with Gasteiger partial charge in [0.1, 0.15) is 0 Å². The third-order valence-corrected chi connectivity index (χ3v) is 4.13. The fraction of sp³-hybridized carbons (Fsp3) is 0.688. The van der Waals surface area contributed by atoms with Crippen molar-refractivity contribution in [1.82, 2.24) is 14.8 Å². The number of hydrogen-bond donors (Lipinski definition) is 0. The zero-order chi connectivity index (χ0) is 13.8. The lowest BCUT2D eigenvalue weighted by atomic mass is 10.0. The number of aromatic nitrogens is 1. The molecule has 1 aliphatic rings. The summed E-state index contributed by atoms with van der Waals surface area (Å²) in [4.78, 5) is 9.46. The fourth-order valence-corrected chi connectivity index (χ4v) is 2.72. The maximum atomic E-state index is 4.55. The summed E-state index contributed by atoms with van der Waals surface area (Å²) in [7, 11) is 4.38. The molecule has 0 aliphatic carbocycles. The average molecular weight is 261 g/mol. The molecule has 0 unspecified atom stereocenters. The first-order valence-corrected chi connectivity index (χ1v) is 7.40. The summed E-state index contributed by atoms with van der Waals surface area (Å²) in [5.74, 6) is 0.518. The first-order valence-electron chi connectivity index (χ1n) is 7.40. The molecule has 1 saturated heterocycles.